The first-order chi connectivity index (χ1) is 10.2. The molecule has 0 aliphatic rings. The molecule has 0 saturated carbocycles. The molecule has 0 saturated heterocycles. The van der Waals surface area contributed by atoms with Crippen LogP contribution in [0.15, 0.2) is 42.5 Å². The molecule has 1 atom stereocenters. The summed E-state index contributed by atoms with van der Waals surface area (Å²) in [4.78, 5) is 0. The average molecular weight is 285 g/mol. The highest BCUT2D eigenvalue weighted by molar-refractivity contribution is 5.36. The van der Waals surface area contributed by atoms with E-state index < -0.39 is 11.9 Å². The van der Waals surface area contributed by atoms with Gasteiger partial charge in [0.1, 0.15) is 18.2 Å². The maximum absolute atomic E-state index is 13.7. The Morgan fingerprint density at radius 2 is 2.05 bits per heavy atom. The summed E-state index contributed by atoms with van der Waals surface area (Å²) in [6.07, 6.45) is -0.0463. The molecule has 0 amide bonds. The van der Waals surface area contributed by atoms with E-state index in [1.54, 1.807) is 18.2 Å². The number of benzene rings is 2. The Balaban J connectivity index is 2.19. The fraction of sp³-hybridized carbons (Fsp3) is 0.235. The Morgan fingerprint density at radius 1 is 1.29 bits per heavy atom. The Bertz CT molecular complexity index is 664. The van der Waals surface area contributed by atoms with Crippen LogP contribution in [0.1, 0.15) is 36.1 Å². The monoisotopic (exact) mass is 285 g/mol. The normalized spacial score (nSPS) is 11.7. The lowest BCUT2D eigenvalue weighted by Crippen LogP contribution is -2.04. The van der Waals surface area contributed by atoms with Crippen LogP contribution in [0.2, 0.25) is 0 Å². The quantitative estimate of drug-likeness (QED) is 0.911. The van der Waals surface area contributed by atoms with Crippen molar-refractivity contribution in [3.63, 3.8) is 0 Å². The number of hydrogen-bond donors (Lipinski definition) is 1. The number of nitriles is 1. The third-order valence-electron chi connectivity index (χ3n) is 3.22. The maximum atomic E-state index is 13.7. The number of nitrogens with zero attached hydrogens (tertiary/aromatic N) is 1. The highest BCUT2D eigenvalue weighted by Crippen LogP contribution is 2.27. The van der Waals surface area contributed by atoms with Gasteiger partial charge in [-0.25, -0.2) is 4.39 Å². The molecule has 0 aromatic heterocycles. The van der Waals surface area contributed by atoms with Gasteiger partial charge in [0.05, 0.1) is 17.7 Å². The summed E-state index contributed by atoms with van der Waals surface area (Å²) < 4.78 is 19.3. The average Bonchev–Trinajstić information content (AvgIpc) is 2.53. The van der Waals surface area contributed by atoms with Gasteiger partial charge in [-0.05, 0) is 30.7 Å². The lowest BCUT2D eigenvalue weighted by Gasteiger charge is -2.15. The van der Waals surface area contributed by atoms with Gasteiger partial charge in [0.2, 0.25) is 0 Å². The SMILES string of the molecule is CC[C@H](O)c1ccccc1OCc1cc(C#N)ccc1F. The highest BCUT2D eigenvalue weighted by Gasteiger charge is 2.12. The molecule has 0 unspecified atom stereocenters. The molecule has 21 heavy (non-hydrogen) atoms. The van der Waals surface area contributed by atoms with Crippen LogP contribution >= 0.6 is 0 Å². The van der Waals surface area contributed by atoms with Crippen LogP contribution in [0.5, 0.6) is 5.75 Å². The Labute approximate surface area is 123 Å². The van der Waals surface area contributed by atoms with E-state index in [2.05, 4.69) is 0 Å². The Morgan fingerprint density at radius 3 is 2.76 bits per heavy atom. The van der Waals surface area contributed by atoms with E-state index >= 15 is 0 Å². The molecule has 0 aliphatic carbocycles. The summed E-state index contributed by atoms with van der Waals surface area (Å²) in [6.45, 7) is 1.88. The van der Waals surface area contributed by atoms with Crippen molar-refractivity contribution < 1.29 is 14.2 Å². The number of ether oxygens (including phenoxy) is 1. The van der Waals surface area contributed by atoms with Crippen molar-refractivity contribution in [2.45, 2.75) is 26.1 Å². The molecule has 1 N–H and O–H groups in total. The number of aliphatic hydroxyl groups is 1. The van der Waals surface area contributed by atoms with Gasteiger partial charge in [-0.1, -0.05) is 25.1 Å². The van der Waals surface area contributed by atoms with Crippen LogP contribution in [0.3, 0.4) is 0 Å². The molecule has 3 nitrogen and oxygen atoms in total. The lowest BCUT2D eigenvalue weighted by molar-refractivity contribution is 0.166. The lowest BCUT2D eigenvalue weighted by atomic mass is 10.1. The summed E-state index contributed by atoms with van der Waals surface area (Å²) in [7, 11) is 0. The summed E-state index contributed by atoms with van der Waals surface area (Å²) in [5.74, 6) is 0.108. The molecular weight excluding hydrogens is 269 g/mol. The van der Waals surface area contributed by atoms with Crippen molar-refractivity contribution in [1.29, 1.82) is 5.26 Å². The zero-order valence-electron chi connectivity index (χ0n) is 11.7. The number of hydrogen-bond acceptors (Lipinski definition) is 3. The molecule has 0 fully saturated rings. The van der Waals surface area contributed by atoms with Gasteiger partial charge in [0, 0.05) is 11.1 Å². The molecule has 0 heterocycles. The van der Waals surface area contributed by atoms with Crippen LogP contribution in [0, 0.1) is 17.1 Å². The highest BCUT2D eigenvalue weighted by atomic mass is 19.1. The van der Waals surface area contributed by atoms with Gasteiger partial charge < -0.3 is 9.84 Å². The molecule has 0 spiro atoms. The van der Waals surface area contributed by atoms with Crippen LogP contribution in [0.25, 0.3) is 0 Å². The van der Waals surface area contributed by atoms with Gasteiger partial charge in [-0.3, -0.25) is 0 Å². The Kier molecular flexibility index (Phi) is 4.91. The molecule has 108 valence electrons. The van der Waals surface area contributed by atoms with Gasteiger partial charge in [-0.2, -0.15) is 5.26 Å². The van der Waals surface area contributed by atoms with Gasteiger partial charge >= 0.3 is 0 Å². The third kappa shape index (κ3) is 3.59. The van der Waals surface area contributed by atoms with Crippen LogP contribution in [-0.4, -0.2) is 5.11 Å². The van der Waals surface area contributed by atoms with Crippen LogP contribution in [-0.2, 0) is 6.61 Å². The molecule has 2 rings (SSSR count). The number of halogens is 1. The third-order valence-corrected chi connectivity index (χ3v) is 3.22. The van der Waals surface area contributed by atoms with Gasteiger partial charge in [0.25, 0.3) is 0 Å². The predicted octanol–water partition coefficient (Wildman–Crippen LogP) is 3.72. The standard InChI is InChI=1S/C17H16FNO2/c1-2-16(20)14-5-3-4-6-17(14)21-11-13-9-12(10-19)7-8-15(13)18/h3-9,16,20H,2,11H2,1H3/t16-/m0/s1. The summed E-state index contributed by atoms with van der Waals surface area (Å²) in [5, 5.41) is 18.8. The Hall–Kier alpha value is -2.38. The largest absolute Gasteiger partial charge is 0.488 e. The fourth-order valence-corrected chi connectivity index (χ4v) is 2.02. The molecule has 0 bridgehead atoms. The first-order valence-corrected chi connectivity index (χ1v) is 6.74. The molecule has 0 radical (unpaired) electrons. The van der Waals surface area contributed by atoms with E-state index in [0.717, 1.165) is 0 Å². The second-order valence-corrected chi connectivity index (χ2v) is 4.67. The second-order valence-electron chi connectivity index (χ2n) is 4.67. The minimum absolute atomic E-state index is 0.00873. The van der Waals surface area contributed by atoms with E-state index in [0.29, 0.717) is 28.9 Å². The molecular formula is C17H16FNO2. The zero-order valence-corrected chi connectivity index (χ0v) is 11.7. The predicted molar refractivity (Wildman–Crippen MR) is 77.1 cm³/mol. The van der Waals surface area contributed by atoms with E-state index in [1.165, 1.54) is 18.2 Å². The van der Waals surface area contributed by atoms with E-state index in [9.17, 15) is 9.50 Å². The van der Waals surface area contributed by atoms with Crippen molar-refractivity contribution >= 4 is 0 Å². The topological polar surface area (TPSA) is 53.2 Å². The first kappa shape index (κ1) is 15.0. The molecule has 4 heteroatoms. The maximum Gasteiger partial charge on any atom is 0.129 e. The van der Waals surface area contributed by atoms with Crippen molar-refractivity contribution in [3.05, 3.63) is 65.0 Å². The smallest absolute Gasteiger partial charge is 0.129 e. The molecule has 2 aromatic carbocycles. The minimum atomic E-state index is -0.614. The summed E-state index contributed by atoms with van der Waals surface area (Å²) >= 11 is 0. The van der Waals surface area contributed by atoms with E-state index in [-0.39, 0.29) is 6.61 Å². The first-order valence-electron chi connectivity index (χ1n) is 6.74. The van der Waals surface area contributed by atoms with E-state index in [1.807, 2.05) is 19.1 Å². The zero-order chi connectivity index (χ0) is 15.2. The van der Waals surface area contributed by atoms with Crippen molar-refractivity contribution in [2.75, 3.05) is 0 Å². The number of aliphatic hydroxyl groups excluding tert-OH is 1. The van der Waals surface area contributed by atoms with Gasteiger partial charge in [0.15, 0.2) is 0 Å². The van der Waals surface area contributed by atoms with Crippen LogP contribution < -0.4 is 4.74 Å². The molecule has 0 aliphatic heterocycles. The number of para-hydroxylation sites is 1. The molecule has 2 aromatic rings. The number of rotatable bonds is 5. The fourth-order valence-electron chi connectivity index (χ4n) is 2.02. The van der Waals surface area contributed by atoms with E-state index in [4.69, 9.17) is 10.00 Å². The van der Waals surface area contributed by atoms with Crippen molar-refractivity contribution in [2.24, 2.45) is 0 Å². The second kappa shape index (κ2) is 6.87. The van der Waals surface area contributed by atoms with Crippen molar-refractivity contribution in [1.82, 2.24) is 0 Å². The van der Waals surface area contributed by atoms with Crippen molar-refractivity contribution in [3.8, 4) is 11.8 Å². The minimum Gasteiger partial charge on any atom is -0.488 e. The summed E-state index contributed by atoms with van der Waals surface area (Å²) in [5.41, 5.74) is 1.38. The van der Waals surface area contributed by atoms with Gasteiger partial charge in [-0.15, -0.1) is 0 Å². The summed E-state index contributed by atoms with van der Waals surface area (Å²) in [6, 6.07) is 13.2. The van der Waals surface area contributed by atoms with Crippen LogP contribution in [0.4, 0.5) is 4.39 Å².